The molecule has 2 aliphatic rings. The van der Waals surface area contributed by atoms with Gasteiger partial charge in [-0.25, -0.2) is 4.98 Å². The number of amides is 3. The van der Waals surface area contributed by atoms with Crippen LogP contribution in [0.3, 0.4) is 0 Å². The SMILES string of the molecule is CC(=O)N1CCN(C(=O)c2nc(C(=O)N3CCCCC3)n3ccccc23)CC1. The first kappa shape index (κ1) is 18.5. The lowest BCUT2D eigenvalue weighted by Crippen LogP contribution is -2.50. The van der Waals surface area contributed by atoms with Crippen molar-refractivity contribution in [1.82, 2.24) is 24.1 Å². The monoisotopic (exact) mass is 383 g/mol. The third kappa shape index (κ3) is 3.34. The average molecular weight is 383 g/mol. The molecular weight excluding hydrogens is 358 g/mol. The van der Waals surface area contributed by atoms with Crippen LogP contribution in [0, 0.1) is 0 Å². The minimum atomic E-state index is -0.190. The number of hydrogen-bond donors (Lipinski definition) is 0. The largest absolute Gasteiger partial charge is 0.339 e. The van der Waals surface area contributed by atoms with E-state index >= 15 is 0 Å². The van der Waals surface area contributed by atoms with Crippen molar-refractivity contribution in [2.75, 3.05) is 39.3 Å². The van der Waals surface area contributed by atoms with Crippen LogP contribution in [0.5, 0.6) is 0 Å². The Bertz CT molecular complexity index is 908. The highest BCUT2D eigenvalue weighted by Gasteiger charge is 2.29. The summed E-state index contributed by atoms with van der Waals surface area (Å²) in [5, 5.41) is 0. The van der Waals surface area contributed by atoms with Gasteiger partial charge < -0.3 is 14.7 Å². The summed E-state index contributed by atoms with van der Waals surface area (Å²) in [6, 6.07) is 5.50. The van der Waals surface area contributed by atoms with Crippen molar-refractivity contribution in [1.29, 1.82) is 0 Å². The normalized spacial score (nSPS) is 17.8. The topological polar surface area (TPSA) is 78.2 Å². The van der Waals surface area contributed by atoms with Crippen LogP contribution in [0.25, 0.3) is 5.52 Å². The molecule has 2 aromatic rings. The minimum Gasteiger partial charge on any atom is -0.339 e. The molecule has 2 aliphatic heterocycles. The standard InChI is InChI=1S/C20H25N5O3/c1-15(26)22-11-13-24(14-12-22)19(27)17-16-7-3-6-10-25(16)18(21-17)20(28)23-8-4-2-5-9-23/h3,6-7,10H,2,4-5,8-9,11-14H2,1H3. The Hall–Kier alpha value is -2.90. The number of fused-ring (bicyclic) bond motifs is 1. The first-order valence-electron chi connectivity index (χ1n) is 9.87. The molecule has 0 bridgehead atoms. The van der Waals surface area contributed by atoms with Crippen molar-refractivity contribution < 1.29 is 14.4 Å². The summed E-state index contributed by atoms with van der Waals surface area (Å²) in [4.78, 5) is 47.4. The van der Waals surface area contributed by atoms with Gasteiger partial charge in [0.25, 0.3) is 11.8 Å². The fraction of sp³-hybridized carbons (Fsp3) is 0.500. The number of nitrogens with zero attached hydrogens (tertiary/aromatic N) is 5. The summed E-state index contributed by atoms with van der Waals surface area (Å²) >= 11 is 0. The van der Waals surface area contributed by atoms with Crippen LogP contribution in [-0.4, -0.2) is 81.1 Å². The van der Waals surface area contributed by atoms with Gasteiger partial charge in [0.1, 0.15) is 0 Å². The van der Waals surface area contributed by atoms with Gasteiger partial charge in [-0.05, 0) is 31.4 Å². The van der Waals surface area contributed by atoms with Crippen LogP contribution in [0.1, 0.15) is 47.3 Å². The zero-order valence-corrected chi connectivity index (χ0v) is 16.1. The molecule has 0 N–H and O–H groups in total. The van der Waals surface area contributed by atoms with Gasteiger partial charge in [0.05, 0.1) is 5.52 Å². The maximum absolute atomic E-state index is 13.1. The Labute approximate surface area is 163 Å². The molecule has 2 saturated heterocycles. The summed E-state index contributed by atoms with van der Waals surface area (Å²) in [5.74, 6) is 0.00289. The van der Waals surface area contributed by atoms with Gasteiger partial charge >= 0.3 is 0 Å². The summed E-state index contributed by atoms with van der Waals surface area (Å²) in [7, 11) is 0. The highest BCUT2D eigenvalue weighted by atomic mass is 16.2. The van der Waals surface area contributed by atoms with E-state index in [1.807, 2.05) is 23.1 Å². The van der Waals surface area contributed by atoms with E-state index in [0.29, 0.717) is 43.2 Å². The highest BCUT2D eigenvalue weighted by Crippen LogP contribution is 2.19. The molecule has 8 heteroatoms. The molecule has 0 saturated carbocycles. The summed E-state index contributed by atoms with van der Waals surface area (Å²) < 4.78 is 1.72. The van der Waals surface area contributed by atoms with Gasteiger partial charge in [-0.3, -0.25) is 18.8 Å². The zero-order chi connectivity index (χ0) is 19.7. The van der Waals surface area contributed by atoms with E-state index in [4.69, 9.17) is 0 Å². The Kier molecular flexibility index (Phi) is 5.02. The molecule has 0 aliphatic carbocycles. The van der Waals surface area contributed by atoms with Gasteiger partial charge in [0.15, 0.2) is 5.69 Å². The molecule has 0 unspecified atom stereocenters. The number of pyridine rings is 1. The van der Waals surface area contributed by atoms with E-state index < -0.39 is 0 Å². The lowest BCUT2D eigenvalue weighted by atomic mass is 10.1. The fourth-order valence-electron chi connectivity index (χ4n) is 3.96. The summed E-state index contributed by atoms with van der Waals surface area (Å²) in [5.41, 5.74) is 0.944. The Morgan fingerprint density at radius 3 is 2.14 bits per heavy atom. The molecule has 3 amide bonds. The number of imidazole rings is 1. The van der Waals surface area contributed by atoms with E-state index in [2.05, 4.69) is 4.98 Å². The molecular formula is C20H25N5O3. The van der Waals surface area contributed by atoms with Crippen LogP contribution < -0.4 is 0 Å². The van der Waals surface area contributed by atoms with Crippen molar-refractivity contribution in [2.24, 2.45) is 0 Å². The van der Waals surface area contributed by atoms with Crippen molar-refractivity contribution in [3.05, 3.63) is 35.9 Å². The third-order valence-electron chi connectivity index (χ3n) is 5.60. The number of rotatable bonds is 2. The first-order valence-corrected chi connectivity index (χ1v) is 9.87. The average Bonchev–Trinajstić information content (AvgIpc) is 3.13. The summed E-state index contributed by atoms with van der Waals surface area (Å²) in [6.07, 6.45) is 4.93. The van der Waals surface area contributed by atoms with E-state index in [1.54, 1.807) is 27.3 Å². The molecule has 0 radical (unpaired) electrons. The fourth-order valence-corrected chi connectivity index (χ4v) is 3.96. The molecule has 0 spiro atoms. The number of piperazine rings is 1. The Morgan fingerprint density at radius 1 is 0.821 bits per heavy atom. The molecule has 148 valence electrons. The number of piperidine rings is 1. The van der Waals surface area contributed by atoms with Gasteiger partial charge in [-0.1, -0.05) is 6.07 Å². The number of carbonyl (C=O) groups is 3. The Balaban J connectivity index is 1.62. The van der Waals surface area contributed by atoms with Crippen molar-refractivity contribution in [2.45, 2.75) is 26.2 Å². The van der Waals surface area contributed by atoms with E-state index in [0.717, 1.165) is 32.4 Å². The Morgan fingerprint density at radius 2 is 1.46 bits per heavy atom. The smallest absolute Gasteiger partial charge is 0.290 e. The van der Waals surface area contributed by atoms with E-state index in [-0.39, 0.29) is 17.7 Å². The van der Waals surface area contributed by atoms with Crippen LogP contribution in [-0.2, 0) is 4.79 Å². The second-order valence-electron chi connectivity index (χ2n) is 7.39. The van der Waals surface area contributed by atoms with Gasteiger partial charge in [-0.2, -0.15) is 0 Å². The van der Waals surface area contributed by atoms with E-state index in [1.165, 1.54) is 0 Å². The maximum Gasteiger partial charge on any atom is 0.290 e. The summed E-state index contributed by atoms with van der Waals surface area (Å²) in [6.45, 7) is 4.99. The molecule has 28 heavy (non-hydrogen) atoms. The van der Waals surface area contributed by atoms with Crippen LogP contribution in [0.15, 0.2) is 24.4 Å². The second kappa shape index (κ2) is 7.61. The molecule has 4 rings (SSSR count). The lowest BCUT2D eigenvalue weighted by Gasteiger charge is -2.33. The first-order chi connectivity index (χ1) is 13.6. The third-order valence-corrected chi connectivity index (χ3v) is 5.60. The van der Waals surface area contributed by atoms with Crippen molar-refractivity contribution >= 4 is 23.2 Å². The highest BCUT2D eigenvalue weighted by molar-refractivity contribution is 6.02. The maximum atomic E-state index is 13.1. The van der Waals surface area contributed by atoms with Gasteiger partial charge in [0.2, 0.25) is 11.7 Å². The van der Waals surface area contributed by atoms with Crippen molar-refractivity contribution in [3.8, 4) is 0 Å². The number of aromatic nitrogens is 2. The van der Waals surface area contributed by atoms with Crippen LogP contribution in [0.4, 0.5) is 0 Å². The number of hydrogen-bond acceptors (Lipinski definition) is 4. The van der Waals surface area contributed by atoms with Crippen LogP contribution in [0.2, 0.25) is 0 Å². The lowest BCUT2D eigenvalue weighted by molar-refractivity contribution is -0.130. The molecule has 8 nitrogen and oxygen atoms in total. The van der Waals surface area contributed by atoms with Crippen molar-refractivity contribution in [3.63, 3.8) is 0 Å². The van der Waals surface area contributed by atoms with E-state index in [9.17, 15) is 14.4 Å². The molecule has 0 aromatic carbocycles. The number of likely N-dealkylation sites (tertiary alicyclic amines) is 1. The molecule has 4 heterocycles. The van der Waals surface area contributed by atoms with Gasteiger partial charge in [-0.15, -0.1) is 0 Å². The predicted octanol–water partition coefficient (Wildman–Crippen LogP) is 1.26. The molecule has 2 fully saturated rings. The minimum absolute atomic E-state index is 0.0222. The molecule has 0 atom stereocenters. The van der Waals surface area contributed by atoms with Gasteiger partial charge in [0, 0.05) is 52.4 Å². The number of carbonyl (C=O) groups excluding carboxylic acids is 3. The van der Waals surface area contributed by atoms with Crippen LogP contribution >= 0.6 is 0 Å². The molecule has 2 aromatic heterocycles. The zero-order valence-electron chi connectivity index (χ0n) is 16.1. The quantitative estimate of drug-likeness (QED) is 0.782. The second-order valence-corrected chi connectivity index (χ2v) is 7.39. The predicted molar refractivity (Wildman–Crippen MR) is 103 cm³/mol.